The van der Waals surface area contributed by atoms with Gasteiger partial charge in [0.15, 0.2) is 0 Å². The lowest BCUT2D eigenvalue weighted by atomic mass is 9.98. The number of aryl methyl sites for hydroxylation is 3. The van der Waals surface area contributed by atoms with Crippen LogP contribution in [0.15, 0.2) is 59.6 Å². The summed E-state index contributed by atoms with van der Waals surface area (Å²) in [7, 11) is -3.71. The van der Waals surface area contributed by atoms with Crippen LogP contribution in [0, 0.1) is 26.8 Å². The number of pyridine rings is 1. The Balaban J connectivity index is 1.85. The third kappa shape index (κ3) is 3.90. The van der Waals surface area contributed by atoms with Crippen molar-refractivity contribution in [2.45, 2.75) is 51.9 Å². The minimum atomic E-state index is -3.71. The van der Waals surface area contributed by atoms with Gasteiger partial charge in [-0.25, -0.2) is 12.4 Å². The Hall–Kier alpha value is -2.92. The summed E-state index contributed by atoms with van der Waals surface area (Å²) in [6, 6.07) is 17.9. The molecule has 4 nitrogen and oxygen atoms in total. The van der Waals surface area contributed by atoms with Gasteiger partial charge in [0.1, 0.15) is 0 Å². The first kappa shape index (κ1) is 21.3. The predicted octanol–water partition coefficient (Wildman–Crippen LogP) is 5.71. The summed E-state index contributed by atoms with van der Waals surface area (Å²) in [6.45, 7) is 10.2. The van der Waals surface area contributed by atoms with Gasteiger partial charge in [-0.15, -0.1) is 0 Å². The molecule has 4 rings (SSSR count). The van der Waals surface area contributed by atoms with Crippen molar-refractivity contribution < 1.29 is 8.42 Å². The Morgan fingerprint density at radius 1 is 0.968 bits per heavy atom. The third-order valence-corrected chi connectivity index (χ3v) is 7.50. The maximum atomic E-state index is 13.4. The van der Waals surface area contributed by atoms with Gasteiger partial charge >= 0.3 is 0 Å². The second-order valence-corrected chi connectivity index (χ2v) is 10.3. The standard InChI is InChI=1S/C26H27N2O2S/c1-17(2)24-16-28(31(29,30)22-12-9-18(3)10-13-22)25-14-11-21(27-26(24)25)15-23-19(4)7-6-8-20(23)5/h7-14,16-17H,15H2,1-5H3. The Kier molecular flexibility index (Phi) is 5.48. The van der Waals surface area contributed by atoms with E-state index in [0.29, 0.717) is 11.9 Å². The minimum Gasteiger partial charge on any atom is -0.251 e. The van der Waals surface area contributed by atoms with Crippen molar-refractivity contribution in [1.29, 1.82) is 0 Å². The van der Waals surface area contributed by atoms with Crippen LogP contribution >= 0.6 is 0 Å². The lowest BCUT2D eigenvalue weighted by Crippen LogP contribution is -2.12. The van der Waals surface area contributed by atoms with Crippen molar-refractivity contribution in [2.24, 2.45) is 0 Å². The first-order chi connectivity index (χ1) is 14.7. The van der Waals surface area contributed by atoms with Gasteiger partial charge in [0.05, 0.1) is 15.9 Å². The summed E-state index contributed by atoms with van der Waals surface area (Å²) in [5.74, 6) is 0.148. The van der Waals surface area contributed by atoms with Crippen LogP contribution in [0.3, 0.4) is 0 Å². The van der Waals surface area contributed by atoms with Gasteiger partial charge in [-0.2, -0.15) is 0 Å². The van der Waals surface area contributed by atoms with Crippen LogP contribution < -0.4 is 0 Å². The largest absolute Gasteiger partial charge is 0.268 e. The molecule has 2 heterocycles. The first-order valence-electron chi connectivity index (χ1n) is 10.5. The highest BCUT2D eigenvalue weighted by molar-refractivity contribution is 7.90. The molecule has 159 valence electrons. The molecule has 5 heteroatoms. The molecule has 0 fully saturated rings. The highest BCUT2D eigenvalue weighted by Gasteiger charge is 2.23. The number of nitrogens with zero attached hydrogens (tertiary/aromatic N) is 2. The molecule has 0 spiro atoms. The van der Waals surface area contributed by atoms with Crippen molar-refractivity contribution in [3.8, 4) is 0 Å². The summed E-state index contributed by atoms with van der Waals surface area (Å²) < 4.78 is 28.2. The van der Waals surface area contributed by atoms with Crippen molar-refractivity contribution in [3.05, 3.63) is 94.3 Å². The molecule has 0 N–H and O–H groups in total. The molecular formula is C26H27N2O2S. The lowest BCUT2D eigenvalue weighted by molar-refractivity contribution is 0.589. The molecule has 4 aromatic rings. The average Bonchev–Trinajstić information content (AvgIpc) is 3.11. The zero-order valence-corrected chi connectivity index (χ0v) is 19.4. The molecule has 0 aliphatic rings. The van der Waals surface area contributed by atoms with Crippen molar-refractivity contribution in [2.75, 3.05) is 0 Å². The Labute approximate surface area is 184 Å². The fourth-order valence-corrected chi connectivity index (χ4v) is 5.29. The van der Waals surface area contributed by atoms with Gasteiger partial charge in [0.25, 0.3) is 10.0 Å². The van der Waals surface area contributed by atoms with Gasteiger partial charge in [0.2, 0.25) is 0 Å². The summed E-state index contributed by atoms with van der Waals surface area (Å²) in [6.07, 6.45) is 2.44. The zero-order valence-electron chi connectivity index (χ0n) is 18.6. The fraction of sp³-hybridized carbons (Fsp3) is 0.269. The van der Waals surface area contributed by atoms with Gasteiger partial charge in [-0.1, -0.05) is 43.7 Å². The third-order valence-electron chi connectivity index (χ3n) is 5.81. The molecule has 0 unspecified atom stereocenters. The molecular weight excluding hydrogens is 404 g/mol. The zero-order chi connectivity index (χ0) is 22.3. The Morgan fingerprint density at radius 3 is 2.23 bits per heavy atom. The van der Waals surface area contributed by atoms with E-state index < -0.39 is 10.0 Å². The molecule has 2 aromatic carbocycles. The number of aromatic nitrogens is 2. The van der Waals surface area contributed by atoms with E-state index >= 15 is 0 Å². The second kappa shape index (κ2) is 7.97. The summed E-state index contributed by atoms with van der Waals surface area (Å²) in [4.78, 5) is 5.20. The molecule has 0 atom stereocenters. The molecule has 0 aliphatic heterocycles. The quantitative estimate of drug-likeness (QED) is 0.406. The number of fused-ring (bicyclic) bond motifs is 1. The van der Waals surface area contributed by atoms with Crippen LogP contribution in [0.5, 0.6) is 0 Å². The van der Waals surface area contributed by atoms with Gasteiger partial charge in [-0.3, -0.25) is 4.98 Å². The van der Waals surface area contributed by atoms with Gasteiger partial charge in [0, 0.05) is 18.3 Å². The second-order valence-electron chi connectivity index (χ2n) is 8.50. The van der Waals surface area contributed by atoms with Crippen molar-refractivity contribution in [1.82, 2.24) is 8.96 Å². The highest BCUT2D eigenvalue weighted by atomic mass is 32.2. The normalized spacial score (nSPS) is 12.1. The van der Waals surface area contributed by atoms with Crippen LogP contribution in [0.1, 0.15) is 53.3 Å². The number of benzene rings is 2. The van der Waals surface area contributed by atoms with Crippen molar-refractivity contribution in [3.63, 3.8) is 0 Å². The Morgan fingerprint density at radius 2 is 1.61 bits per heavy atom. The summed E-state index contributed by atoms with van der Waals surface area (Å²) in [5, 5.41) is 0. The van der Waals surface area contributed by atoms with E-state index in [1.165, 1.54) is 20.7 Å². The van der Waals surface area contributed by atoms with E-state index in [1.807, 2.05) is 43.3 Å². The van der Waals surface area contributed by atoms with Crippen LogP contribution in [0.4, 0.5) is 0 Å². The van der Waals surface area contributed by atoms with Crippen molar-refractivity contribution >= 4 is 21.1 Å². The van der Waals surface area contributed by atoms with E-state index in [0.717, 1.165) is 22.3 Å². The molecule has 0 amide bonds. The number of hydrogen-bond donors (Lipinski definition) is 0. The molecule has 0 saturated heterocycles. The predicted molar refractivity (Wildman–Crippen MR) is 125 cm³/mol. The van der Waals surface area contributed by atoms with Gasteiger partial charge < -0.3 is 0 Å². The highest BCUT2D eigenvalue weighted by Crippen LogP contribution is 2.30. The Bertz CT molecular complexity index is 1340. The first-order valence-corrected chi connectivity index (χ1v) is 11.9. The lowest BCUT2D eigenvalue weighted by Gasteiger charge is -2.10. The van der Waals surface area contributed by atoms with E-state index in [1.54, 1.807) is 18.3 Å². The van der Waals surface area contributed by atoms with Gasteiger partial charge in [-0.05, 0) is 79.3 Å². The molecule has 1 radical (unpaired) electrons. The maximum Gasteiger partial charge on any atom is 0.268 e. The van der Waals surface area contributed by atoms with Crippen LogP contribution in [0.25, 0.3) is 11.0 Å². The minimum absolute atomic E-state index is 0.148. The summed E-state index contributed by atoms with van der Waals surface area (Å²) in [5.41, 5.74) is 7.86. The van der Waals surface area contributed by atoms with Crippen LogP contribution in [-0.2, 0) is 16.4 Å². The summed E-state index contributed by atoms with van der Waals surface area (Å²) >= 11 is 0. The topological polar surface area (TPSA) is 52.0 Å². The fourth-order valence-electron chi connectivity index (χ4n) is 3.92. The van der Waals surface area contributed by atoms with Crippen LogP contribution in [-0.4, -0.2) is 17.4 Å². The number of hydrogen-bond acceptors (Lipinski definition) is 3. The van der Waals surface area contributed by atoms with E-state index in [2.05, 4.69) is 33.8 Å². The average molecular weight is 432 g/mol. The molecule has 0 bridgehead atoms. The molecule has 0 aliphatic carbocycles. The number of rotatable bonds is 5. The van der Waals surface area contributed by atoms with E-state index in [9.17, 15) is 8.42 Å². The van der Waals surface area contributed by atoms with Crippen LogP contribution in [0.2, 0.25) is 0 Å². The molecule has 2 aromatic heterocycles. The molecule has 0 saturated carbocycles. The SMILES string of the molecule is Cc1ccc(S(=O)(=O)n2cc(C(C)C)c3nc(Cc4c(C)c[c]cc4C)ccc32)cc1. The van der Waals surface area contributed by atoms with E-state index in [4.69, 9.17) is 4.98 Å². The monoisotopic (exact) mass is 431 g/mol. The van der Waals surface area contributed by atoms with E-state index in [-0.39, 0.29) is 10.8 Å². The smallest absolute Gasteiger partial charge is 0.251 e. The molecule has 31 heavy (non-hydrogen) atoms. The maximum absolute atomic E-state index is 13.4.